The molecule has 0 heterocycles. The van der Waals surface area contributed by atoms with Gasteiger partial charge in [-0.05, 0) is 32.9 Å². The summed E-state index contributed by atoms with van der Waals surface area (Å²) in [5.74, 6) is -0.136. The Balaban J connectivity index is 3.16. The van der Waals surface area contributed by atoms with Gasteiger partial charge in [0.2, 0.25) is 0 Å². The number of benzene rings is 1. The largest absolute Gasteiger partial charge is 0.369 e. The second kappa shape index (κ2) is 5.50. The molecule has 0 spiro atoms. The Labute approximate surface area is 99.4 Å². The predicted octanol–water partition coefficient (Wildman–Crippen LogP) is 3.96. The fourth-order valence-corrected chi connectivity index (χ4v) is 2.32. The van der Waals surface area contributed by atoms with E-state index in [2.05, 4.69) is 41.6 Å². The normalized spacial score (nSPS) is 10.8. The SMILES string of the molecule is CCN(c1cccc(F)c1CBr)C(C)C. The highest BCUT2D eigenvalue weighted by atomic mass is 79.9. The highest BCUT2D eigenvalue weighted by Crippen LogP contribution is 2.26. The van der Waals surface area contributed by atoms with Crippen LogP contribution >= 0.6 is 15.9 Å². The highest BCUT2D eigenvalue weighted by molar-refractivity contribution is 9.08. The first-order chi connectivity index (χ1) is 7.11. The molecule has 1 nitrogen and oxygen atoms in total. The summed E-state index contributed by atoms with van der Waals surface area (Å²) in [4.78, 5) is 2.19. The van der Waals surface area contributed by atoms with Crippen LogP contribution in [0.15, 0.2) is 18.2 Å². The summed E-state index contributed by atoms with van der Waals surface area (Å²) in [7, 11) is 0. The molecule has 0 amide bonds. The van der Waals surface area contributed by atoms with Gasteiger partial charge in [0, 0.05) is 29.2 Å². The molecule has 1 rings (SSSR count). The van der Waals surface area contributed by atoms with Crippen LogP contribution < -0.4 is 4.90 Å². The Morgan fingerprint density at radius 2 is 2.07 bits per heavy atom. The van der Waals surface area contributed by atoms with Gasteiger partial charge in [0.1, 0.15) is 5.82 Å². The van der Waals surface area contributed by atoms with Gasteiger partial charge in [-0.25, -0.2) is 4.39 Å². The van der Waals surface area contributed by atoms with Gasteiger partial charge in [-0.1, -0.05) is 22.0 Å². The quantitative estimate of drug-likeness (QED) is 0.751. The van der Waals surface area contributed by atoms with E-state index in [4.69, 9.17) is 0 Å². The van der Waals surface area contributed by atoms with E-state index in [1.54, 1.807) is 6.07 Å². The predicted molar refractivity (Wildman–Crippen MR) is 67.2 cm³/mol. The Kier molecular flexibility index (Phi) is 4.58. The molecule has 0 aliphatic rings. The van der Waals surface area contributed by atoms with Gasteiger partial charge < -0.3 is 4.90 Å². The van der Waals surface area contributed by atoms with E-state index in [0.717, 1.165) is 17.8 Å². The van der Waals surface area contributed by atoms with Crippen molar-refractivity contribution in [3.8, 4) is 0 Å². The molecule has 0 N–H and O–H groups in total. The minimum Gasteiger partial charge on any atom is -0.369 e. The van der Waals surface area contributed by atoms with Crippen LogP contribution in [0.4, 0.5) is 10.1 Å². The van der Waals surface area contributed by atoms with Crippen LogP contribution in [-0.4, -0.2) is 12.6 Å². The monoisotopic (exact) mass is 273 g/mol. The summed E-state index contributed by atoms with van der Waals surface area (Å²) in [6.45, 7) is 7.21. The van der Waals surface area contributed by atoms with Gasteiger partial charge in [0.25, 0.3) is 0 Å². The molecule has 15 heavy (non-hydrogen) atoms. The van der Waals surface area contributed by atoms with Crippen LogP contribution in [0.3, 0.4) is 0 Å². The lowest BCUT2D eigenvalue weighted by atomic mass is 10.1. The molecule has 3 heteroatoms. The molecule has 0 bridgehead atoms. The zero-order valence-corrected chi connectivity index (χ0v) is 11.0. The van der Waals surface area contributed by atoms with Crippen molar-refractivity contribution in [1.82, 2.24) is 0 Å². The number of alkyl halides is 1. The molecule has 0 fully saturated rings. The average molecular weight is 274 g/mol. The van der Waals surface area contributed by atoms with Crippen LogP contribution in [-0.2, 0) is 5.33 Å². The Morgan fingerprint density at radius 1 is 1.40 bits per heavy atom. The van der Waals surface area contributed by atoms with Crippen LogP contribution in [0.5, 0.6) is 0 Å². The average Bonchev–Trinajstić information content (AvgIpc) is 2.18. The first kappa shape index (κ1) is 12.5. The van der Waals surface area contributed by atoms with Crippen LogP contribution in [0.25, 0.3) is 0 Å². The third-order valence-corrected chi connectivity index (χ3v) is 3.06. The summed E-state index contributed by atoms with van der Waals surface area (Å²) in [6, 6.07) is 5.63. The molecule has 84 valence electrons. The second-order valence-corrected chi connectivity index (χ2v) is 4.31. The second-order valence-electron chi connectivity index (χ2n) is 3.75. The van der Waals surface area contributed by atoms with Gasteiger partial charge in [-0.15, -0.1) is 0 Å². The molecule has 0 unspecified atom stereocenters. The summed E-state index contributed by atoms with van der Waals surface area (Å²) >= 11 is 3.34. The van der Waals surface area contributed by atoms with E-state index in [0.29, 0.717) is 11.4 Å². The first-order valence-electron chi connectivity index (χ1n) is 5.21. The molecule has 1 aromatic rings. The maximum absolute atomic E-state index is 13.6. The molecule has 0 saturated carbocycles. The molecular formula is C12H17BrFN. The Hall–Kier alpha value is -0.570. The molecular weight excluding hydrogens is 257 g/mol. The topological polar surface area (TPSA) is 3.24 Å². The van der Waals surface area contributed by atoms with Gasteiger partial charge in [0.15, 0.2) is 0 Å². The Morgan fingerprint density at radius 3 is 2.53 bits per heavy atom. The molecule has 0 atom stereocenters. The number of halogens is 2. The first-order valence-corrected chi connectivity index (χ1v) is 6.34. The molecule has 0 radical (unpaired) electrons. The van der Waals surface area contributed by atoms with E-state index in [9.17, 15) is 4.39 Å². The number of nitrogens with zero attached hydrogens (tertiary/aromatic N) is 1. The standard InChI is InChI=1S/C12H17BrFN/c1-4-15(9(2)3)12-7-5-6-11(14)10(12)8-13/h5-7,9H,4,8H2,1-3H3. The molecule has 0 saturated heterocycles. The van der Waals surface area contributed by atoms with Gasteiger partial charge in [0.05, 0.1) is 0 Å². The highest BCUT2D eigenvalue weighted by Gasteiger charge is 2.14. The maximum atomic E-state index is 13.6. The number of rotatable bonds is 4. The van der Waals surface area contributed by atoms with Crippen LogP contribution in [0, 0.1) is 5.82 Å². The minimum absolute atomic E-state index is 0.136. The number of anilines is 1. The van der Waals surface area contributed by atoms with Crippen LogP contribution in [0.1, 0.15) is 26.3 Å². The van der Waals surface area contributed by atoms with Crippen molar-refractivity contribution >= 4 is 21.6 Å². The lowest BCUT2D eigenvalue weighted by Gasteiger charge is -2.29. The van der Waals surface area contributed by atoms with E-state index in [1.807, 2.05) is 6.07 Å². The lowest BCUT2D eigenvalue weighted by molar-refractivity contribution is 0.613. The van der Waals surface area contributed by atoms with Gasteiger partial charge in [-0.3, -0.25) is 0 Å². The third-order valence-electron chi connectivity index (χ3n) is 2.50. The fraction of sp³-hybridized carbons (Fsp3) is 0.500. The van der Waals surface area contributed by atoms with Crippen molar-refractivity contribution in [1.29, 1.82) is 0 Å². The molecule has 0 aliphatic heterocycles. The van der Waals surface area contributed by atoms with Gasteiger partial charge in [-0.2, -0.15) is 0 Å². The molecule has 1 aromatic carbocycles. The summed E-state index contributed by atoms with van der Waals surface area (Å²) in [5, 5.41) is 0.554. The molecule has 0 aliphatic carbocycles. The Bertz CT molecular complexity index is 325. The van der Waals surface area contributed by atoms with E-state index in [-0.39, 0.29) is 5.82 Å². The van der Waals surface area contributed by atoms with Crippen molar-refractivity contribution in [2.45, 2.75) is 32.1 Å². The summed E-state index contributed by atoms with van der Waals surface area (Å²) in [5.41, 5.74) is 1.73. The lowest BCUT2D eigenvalue weighted by Crippen LogP contribution is -2.31. The van der Waals surface area contributed by atoms with E-state index < -0.39 is 0 Å². The smallest absolute Gasteiger partial charge is 0.129 e. The van der Waals surface area contributed by atoms with E-state index >= 15 is 0 Å². The van der Waals surface area contributed by atoms with Crippen molar-refractivity contribution in [3.05, 3.63) is 29.6 Å². The van der Waals surface area contributed by atoms with Crippen molar-refractivity contribution in [2.24, 2.45) is 0 Å². The minimum atomic E-state index is -0.136. The molecule has 0 aromatic heterocycles. The van der Waals surface area contributed by atoms with Crippen molar-refractivity contribution < 1.29 is 4.39 Å². The van der Waals surface area contributed by atoms with E-state index in [1.165, 1.54) is 6.07 Å². The van der Waals surface area contributed by atoms with Crippen molar-refractivity contribution in [3.63, 3.8) is 0 Å². The van der Waals surface area contributed by atoms with Crippen LogP contribution in [0.2, 0.25) is 0 Å². The maximum Gasteiger partial charge on any atom is 0.129 e. The summed E-state index contributed by atoms with van der Waals surface area (Å²) < 4.78 is 13.6. The number of hydrogen-bond donors (Lipinski definition) is 0. The fourth-order valence-electron chi connectivity index (χ4n) is 1.76. The third kappa shape index (κ3) is 2.71. The zero-order chi connectivity index (χ0) is 11.4. The number of hydrogen-bond acceptors (Lipinski definition) is 1. The van der Waals surface area contributed by atoms with Crippen molar-refractivity contribution in [2.75, 3.05) is 11.4 Å². The van der Waals surface area contributed by atoms with Gasteiger partial charge >= 0.3 is 0 Å². The zero-order valence-electron chi connectivity index (χ0n) is 9.43. The summed E-state index contributed by atoms with van der Waals surface area (Å²) in [6.07, 6.45) is 0.